The topological polar surface area (TPSA) is 82.2 Å². The molecular weight excluding hydrogens is 599 g/mol. The molecule has 44 heavy (non-hydrogen) atoms. The smallest absolute Gasteiger partial charge is 0.410 e. The van der Waals surface area contributed by atoms with Crippen LogP contribution in [0.4, 0.5) is 4.79 Å². The molecule has 4 aliphatic rings. The number of carbonyl (C=O) groups excluding carboxylic acids is 3. The highest BCUT2D eigenvalue weighted by molar-refractivity contribution is 6.42. The van der Waals surface area contributed by atoms with Gasteiger partial charge in [-0.25, -0.2) is 4.79 Å². The highest BCUT2D eigenvalue weighted by atomic mass is 35.5. The fourth-order valence-corrected chi connectivity index (χ4v) is 7.41. The fraction of sp³-hybridized carbons (Fsp3) is 0.559. The molecule has 2 aromatic rings. The number of amides is 3. The van der Waals surface area contributed by atoms with Crippen LogP contribution in [0.1, 0.15) is 73.1 Å². The first-order valence-electron chi connectivity index (χ1n) is 15.6. The Hall–Kier alpha value is -2.81. The van der Waals surface area contributed by atoms with Crippen LogP contribution in [-0.2, 0) is 9.53 Å². The maximum absolute atomic E-state index is 13.7. The van der Waals surface area contributed by atoms with E-state index in [-0.39, 0.29) is 42.5 Å². The van der Waals surface area contributed by atoms with E-state index in [1.54, 1.807) is 12.1 Å². The summed E-state index contributed by atoms with van der Waals surface area (Å²) in [6, 6.07) is 11.0. The number of hydrogen-bond acceptors (Lipinski definition) is 5. The van der Waals surface area contributed by atoms with Crippen molar-refractivity contribution in [3.8, 4) is 0 Å². The van der Waals surface area contributed by atoms with Gasteiger partial charge in [-0.3, -0.25) is 9.59 Å². The lowest BCUT2D eigenvalue weighted by molar-refractivity contribution is -0.135. The number of piperidine rings is 2. The molecule has 0 radical (unpaired) electrons. The molecule has 6 rings (SSSR count). The number of piperazine rings is 1. The van der Waals surface area contributed by atoms with E-state index in [9.17, 15) is 14.4 Å². The lowest BCUT2D eigenvalue weighted by atomic mass is 9.73. The van der Waals surface area contributed by atoms with Crippen LogP contribution in [-0.4, -0.2) is 83.5 Å². The lowest BCUT2D eigenvalue weighted by Gasteiger charge is -2.50. The Bertz CT molecular complexity index is 1390. The van der Waals surface area contributed by atoms with Crippen LogP contribution in [0, 0.1) is 25.7 Å². The maximum Gasteiger partial charge on any atom is 0.410 e. The molecule has 3 heterocycles. The van der Waals surface area contributed by atoms with Crippen LogP contribution in [0.5, 0.6) is 0 Å². The van der Waals surface area contributed by atoms with Gasteiger partial charge in [-0.2, -0.15) is 0 Å². The first-order chi connectivity index (χ1) is 20.8. The van der Waals surface area contributed by atoms with Gasteiger partial charge in [0.1, 0.15) is 5.60 Å². The summed E-state index contributed by atoms with van der Waals surface area (Å²) in [4.78, 5) is 45.8. The molecule has 4 unspecified atom stereocenters. The molecule has 2 aromatic carbocycles. The lowest BCUT2D eigenvalue weighted by Crippen LogP contribution is -2.58. The van der Waals surface area contributed by atoms with Crippen LogP contribution in [0.3, 0.4) is 0 Å². The molecule has 238 valence electrons. The van der Waals surface area contributed by atoms with Gasteiger partial charge in [-0.15, -0.1) is 0 Å². The van der Waals surface area contributed by atoms with Crippen LogP contribution in [0.25, 0.3) is 0 Å². The second-order valence-electron chi connectivity index (χ2n) is 13.7. The number of nitrogens with zero attached hydrogens (tertiary/aromatic N) is 3. The van der Waals surface area contributed by atoms with Gasteiger partial charge in [-0.05, 0) is 95.5 Å². The number of fused-ring (bicyclic) bond motifs is 3. The van der Waals surface area contributed by atoms with Crippen molar-refractivity contribution >= 4 is 41.1 Å². The summed E-state index contributed by atoms with van der Waals surface area (Å²) in [6.07, 6.45) is 2.87. The minimum atomic E-state index is -0.535. The number of halogens is 2. The van der Waals surface area contributed by atoms with Crippen molar-refractivity contribution in [2.75, 3.05) is 39.3 Å². The zero-order valence-electron chi connectivity index (χ0n) is 26.4. The van der Waals surface area contributed by atoms with Crippen molar-refractivity contribution in [3.63, 3.8) is 0 Å². The summed E-state index contributed by atoms with van der Waals surface area (Å²) in [6.45, 7) is 12.4. The monoisotopic (exact) mass is 642 g/mol. The van der Waals surface area contributed by atoms with Gasteiger partial charge < -0.3 is 24.8 Å². The quantitative estimate of drug-likeness (QED) is 0.402. The third-order valence-corrected chi connectivity index (χ3v) is 9.74. The number of hydrogen-bond donors (Lipinski definition) is 1. The Morgan fingerprint density at radius 2 is 1.66 bits per heavy atom. The highest BCUT2D eigenvalue weighted by Crippen LogP contribution is 2.39. The van der Waals surface area contributed by atoms with Gasteiger partial charge in [0.15, 0.2) is 0 Å². The largest absolute Gasteiger partial charge is 0.444 e. The standard InChI is InChI=1S/C34H44Cl2N4O4/c1-21-12-22(2)14-25(13-21)32(42)38-10-11-39(30(20-38)24-7-8-27(35)28(36)16-24)31(41)18-37-17-26-15-23-6-9-29(26)40(19-23)33(43)44-34(3,4)5/h7-8,12-14,16,23,26,29-30,37H,6,9-11,15,17-20H2,1-5H3. The van der Waals surface area contributed by atoms with E-state index in [1.807, 2.05) is 73.6 Å². The summed E-state index contributed by atoms with van der Waals surface area (Å²) in [7, 11) is 0. The summed E-state index contributed by atoms with van der Waals surface area (Å²) >= 11 is 12.6. The van der Waals surface area contributed by atoms with E-state index in [0.717, 1.165) is 42.5 Å². The molecule has 3 amide bonds. The van der Waals surface area contributed by atoms with Crippen LogP contribution in [0.15, 0.2) is 36.4 Å². The average molecular weight is 644 g/mol. The summed E-state index contributed by atoms with van der Waals surface area (Å²) in [5.74, 6) is 0.635. The van der Waals surface area contributed by atoms with Gasteiger partial charge in [-0.1, -0.05) is 46.5 Å². The minimum Gasteiger partial charge on any atom is -0.444 e. The number of ether oxygens (including phenoxy) is 1. The SMILES string of the molecule is Cc1cc(C)cc(C(=O)N2CCN(C(=O)CNCC3CC4CCC3N(C(=O)OC(C)(C)C)C4)C(c3ccc(Cl)c(Cl)c3)C2)c1. The van der Waals surface area contributed by atoms with Crippen molar-refractivity contribution in [2.24, 2.45) is 11.8 Å². The molecule has 3 aliphatic heterocycles. The van der Waals surface area contributed by atoms with Crippen LogP contribution < -0.4 is 5.32 Å². The number of benzene rings is 2. The minimum absolute atomic E-state index is 0.0375. The van der Waals surface area contributed by atoms with E-state index < -0.39 is 5.60 Å². The van der Waals surface area contributed by atoms with Gasteiger partial charge >= 0.3 is 6.09 Å². The molecule has 4 fully saturated rings. The first-order valence-corrected chi connectivity index (χ1v) is 16.4. The van der Waals surface area contributed by atoms with Crippen molar-refractivity contribution in [3.05, 3.63) is 68.7 Å². The molecule has 10 heteroatoms. The van der Waals surface area contributed by atoms with E-state index in [1.165, 1.54) is 0 Å². The molecule has 8 nitrogen and oxygen atoms in total. The van der Waals surface area contributed by atoms with E-state index in [0.29, 0.717) is 47.7 Å². The van der Waals surface area contributed by atoms with Gasteiger partial charge in [0, 0.05) is 44.3 Å². The molecule has 4 atom stereocenters. The van der Waals surface area contributed by atoms with Crippen molar-refractivity contribution in [2.45, 2.75) is 71.6 Å². The molecule has 2 bridgehead atoms. The van der Waals surface area contributed by atoms with Gasteiger partial charge in [0.2, 0.25) is 5.91 Å². The molecule has 1 saturated carbocycles. The maximum atomic E-state index is 13.7. The Balaban J connectivity index is 1.26. The number of nitrogens with one attached hydrogen (secondary N) is 1. The van der Waals surface area contributed by atoms with Crippen molar-refractivity contribution in [1.29, 1.82) is 0 Å². The van der Waals surface area contributed by atoms with E-state index >= 15 is 0 Å². The normalized spacial score (nSPS) is 23.6. The second kappa shape index (κ2) is 13.3. The molecule has 3 saturated heterocycles. The van der Waals surface area contributed by atoms with Gasteiger partial charge in [0.25, 0.3) is 5.91 Å². The van der Waals surface area contributed by atoms with E-state index in [4.69, 9.17) is 27.9 Å². The Kier molecular flexibility index (Phi) is 9.83. The predicted octanol–water partition coefficient (Wildman–Crippen LogP) is 6.26. The summed E-state index contributed by atoms with van der Waals surface area (Å²) < 4.78 is 5.70. The Morgan fingerprint density at radius 3 is 2.32 bits per heavy atom. The van der Waals surface area contributed by atoms with Crippen LogP contribution in [0.2, 0.25) is 10.0 Å². The fourth-order valence-electron chi connectivity index (χ4n) is 7.10. The van der Waals surface area contributed by atoms with Crippen molar-refractivity contribution < 1.29 is 19.1 Å². The Morgan fingerprint density at radius 1 is 0.932 bits per heavy atom. The Labute approximate surface area is 271 Å². The third-order valence-electron chi connectivity index (χ3n) is 9.00. The van der Waals surface area contributed by atoms with Crippen LogP contribution >= 0.6 is 23.2 Å². The molecular formula is C34H44Cl2N4O4. The highest BCUT2D eigenvalue weighted by Gasteiger charge is 2.44. The molecule has 1 N–H and O–H groups in total. The predicted molar refractivity (Wildman–Crippen MR) is 173 cm³/mol. The number of carbonyl (C=O) groups is 3. The van der Waals surface area contributed by atoms with Gasteiger partial charge in [0.05, 0.1) is 22.6 Å². The number of aryl methyl sites for hydroxylation is 2. The van der Waals surface area contributed by atoms with E-state index in [2.05, 4.69) is 5.32 Å². The molecule has 1 aliphatic carbocycles. The summed E-state index contributed by atoms with van der Waals surface area (Å²) in [5.41, 5.74) is 3.03. The summed E-state index contributed by atoms with van der Waals surface area (Å²) in [5, 5.41) is 4.26. The molecule has 0 spiro atoms. The zero-order valence-corrected chi connectivity index (χ0v) is 27.9. The molecule has 0 aromatic heterocycles. The first kappa shape index (κ1) is 32.6. The number of rotatable bonds is 6. The van der Waals surface area contributed by atoms with Crippen molar-refractivity contribution in [1.82, 2.24) is 20.0 Å². The third kappa shape index (κ3) is 7.52. The second-order valence-corrected chi connectivity index (χ2v) is 14.5. The zero-order chi connectivity index (χ0) is 31.8. The average Bonchev–Trinajstić information content (AvgIpc) is 2.96.